The van der Waals surface area contributed by atoms with Crippen molar-refractivity contribution >= 4 is 37.3 Å². The lowest BCUT2D eigenvalue weighted by atomic mass is 10.3. The van der Waals surface area contributed by atoms with Crippen molar-refractivity contribution in [3.05, 3.63) is 53.3 Å². The summed E-state index contributed by atoms with van der Waals surface area (Å²) in [5.41, 5.74) is 0.0540. The van der Waals surface area contributed by atoms with Crippen molar-refractivity contribution in [1.82, 2.24) is 4.31 Å². The number of sulfonamides is 2. The van der Waals surface area contributed by atoms with Crippen molar-refractivity contribution in [2.75, 3.05) is 18.8 Å². The van der Waals surface area contributed by atoms with E-state index in [1.807, 2.05) is 0 Å². The Morgan fingerprint density at radius 3 is 2.25 bits per heavy atom. The fourth-order valence-electron chi connectivity index (χ4n) is 1.79. The van der Waals surface area contributed by atoms with Crippen LogP contribution in [0, 0.1) is 5.82 Å². The first kappa shape index (κ1) is 18.7. The number of halogens is 2. The second-order valence-corrected chi connectivity index (χ2v) is 9.24. The van der Waals surface area contributed by atoms with Gasteiger partial charge in [0, 0.05) is 14.1 Å². The summed E-state index contributed by atoms with van der Waals surface area (Å²) in [7, 11) is -5.01. The highest BCUT2D eigenvalue weighted by Crippen LogP contribution is 2.23. The summed E-state index contributed by atoms with van der Waals surface area (Å²) < 4.78 is 65.2. The minimum absolute atomic E-state index is 0.0540. The molecular weight excluding hydrogens is 379 g/mol. The zero-order chi connectivity index (χ0) is 18.1. The van der Waals surface area contributed by atoms with Gasteiger partial charge in [0.05, 0.1) is 20.5 Å². The number of nitrogens with one attached hydrogen (secondary N) is 1. The van der Waals surface area contributed by atoms with Gasteiger partial charge in [0.2, 0.25) is 10.0 Å². The molecule has 0 saturated heterocycles. The molecule has 130 valence electrons. The lowest BCUT2D eigenvalue weighted by molar-refractivity contribution is 0.520. The van der Waals surface area contributed by atoms with Crippen LogP contribution in [0.15, 0.2) is 52.3 Å². The van der Waals surface area contributed by atoms with Gasteiger partial charge in [-0.25, -0.2) is 25.5 Å². The van der Waals surface area contributed by atoms with Crippen LogP contribution in [0.1, 0.15) is 0 Å². The molecule has 0 aliphatic heterocycles. The Morgan fingerprint density at radius 1 is 1.00 bits per heavy atom. The number of nitrogens with zero attached hydrogens (tertiary/aromatic N) is 1. The van der Waals surface area contributed by atoms with Crippen LogP contribution < -0.4 is 4.72 Å². The highest BCUT2D eigenvalue weighted by molar-refractivity contribution is 7.92. The van der Waals surface area contributed by atoms with Crippen LogP contribution in [0.25, 0.3) is 0 Å². The van der Waals surface area contributed by atoms with Gasteiger partial charge in [-0.05, 0) is 36.4 Å². The summed E-state index contributed by atoms with van der Waals surface area (Å²) in [5.74, 6) is -0.741. The molecule has 0 amide bonds. The van der Waals surface area contributed by atoms with E-state index < -0.39 is 25.9 Å². The lowest BCUT2D eigenvalue weighted by Gasteiger charge is -2.13. The Hall–Kier alpha value is -1.68. The van der Waals surface area contributed by atoms with Crippen molar-refractivity contribution in [2.24, 2.45) is 0 Å². The smallest absolute Gasteiger partial charge is 0.261 e. The minimum Gasteiger partial charge on any atom is -0.280 e. The van der Waals surface area contributed by atoms with Gasteiger partial charge in [-0.15, -0.1) is 0 Å². The average molecular weight is 393 g/mol. The molecule has 0 aromatic heterocycles. The van der Waals surface area contributed by atoms with Crippen LogP contribution in [0.4, 0.5) is 10.1 Å². The second-order valence-electron chi connectivity index (χ2n) is 5.00. The SMILES string of the molecule is CN(C)S(=O)(=O)c1cccc(NS(=O)(=O)c2ccc(F)c(Cl)c2)c1. The summed E-state index contributed by atoms with van der Waals surface area (Å²) in [6.45, 7) is 0. The Kier molecular flexibility index (Phi) is 5.19. The standard InChI is InChI=1S/C14H14ClFN2O4S2/c1-18(2)24(21,22)12-5-3-4-10(8-12)17-23(19,20)11-6-7-14(16)13(15)9-11/h3-9,17H,1-2H3. The maximum Gasteiger partial charge on any atom is 0.261 e. The summed E-state index contributed by atoms with van der Waals surface area (Å²) in [5, 5.41) is -0.332. The number of benzene rings is 2. The van der Waals surface area contributed by atoms with Crippen LogP contribution >= 0.6 is 11.6 Å². The van der Waals surface area contributed by atoms with Crippen LogP contribution in [0.3, 0.4) is 0 Å². The molecule has 0 saturated carbocycles. The van der Waals surface area contributed by atoms with Crippen molar-refractivity contribution in [1.29, 1.82) is 0 Å². The molecule has 0 spiro atoms. The van der Waals surface area contributed by atoms with Crippen LogP contribution in [-0.4, -0.2) is 35.2 Å². The summed E-state index contributed by atoms with van der Waals surface area (Å²) >= 11 is 5.59. The lowest BCUT2D eigenvalue weighted by Crippen LogP contribution is -2.22. The van der Waals surface area contributed by atoms with E-state index >= 15 is 0 Å². The molecule has 2 rings (SSSR count). The van der Waals surface area contributed by atoms with Crippen molar-refractivity contribution in [3.63, 3.8) is 0 Å². The first-order valence-electron chi connectivity index (χ1n) is 6.54. The molecule has 10 heteroatoms. The molecule has 2 aromatic rings. The van der Waals surface area contributed by atoms with Gasteiger partial charge < -0.3 is 0 Å². The van der Waals surface area contributed by atoms with Gasteiger partial charge in [-0.2, -0.15) is 0 Å². The quantitative estimate of drug-likeness (QED) is 0.847. The van der Waals surface area contributed by atoms with Gasteiger partial charge >= 0.3 is 0 Å². The van der Waals surface area contributed by atoms with E-state index in [2.05, 4.69) is 4.72 Å². The van der Waals surface area contributed by atoms with Gasteiger partial charge in [0.15, 0.2) is 0 Å². The molecule has 1 N–H and O–H groups in total. The molecule has 0 heterocycles. The van der Waals surface area contributed by atoms with Crippen molar-refractivity contribution in [3.8, 4) is 0 Å². The number of hydrogen-bond donors (Lipinski definition) is 1. The first-order valence-corrected chi connectivity index (χ1v) is 9.84. The normalized spacial score (nSPS) is 12.4. The molecule has 0 aliphatic carbocycles. The Bertz CT molecular complexity index is 976. The monoisotopic (exact) mass is 392 g/mol. The maximum absolute atomic E-state index is 13.2. The second kappa shape index (κ2) is 6.67. The molecule has 0 fully saturated rings. The van der Waals surface area contributed by atoms with E-state index in [-0.39, 0.29) is 20.5 Å². The Labute approximate surface area is 145 Å². The largest absolute Gasteiger partial charge is 0.280 e. The molecule has 2 aromatic carbocycles. The van der Waals surface area contributed by atoms with E-state index in [4.69, 9.17) is 11.6 Å². The maximum atomic E-state index is 13.2. The zero-order valence-corrected chi connectivity index (χ0v) is 15.1. The molecule has 6 nitrogen and oxygen atoms in total. The van der Waals surface area contributed by atoms with E-state index in [9.17, 15) is 21.2 Å². The Morgan fingerprint density at radius 2 is 1.67 bits per heavy atom. The van der Waals surface area contributed by atoms with Crippen LogP contribution in [-0.2, 0) is 20.0 Å². The van der Waals surface area contributed by atoms with Gasteiger partial charge in [0.25, 0.3) is 10.0 Å². The van der Waals surface area contributed by atoms with Gasteiger partial charge in [-0.1, -0.05) is 17.7 Å². The average Bonchev–Trinajstić information content (AvgIpc) is 2.49. The summed E-state index contributed by atoms with van der Waals surface area (Å²) in [4.78, 5) is -0.306. The Balaban J connectivity index is 2.39. The van der Waals surface area contributed by atoms with Crippen LogP contribution in [0.5, 0.6) is 0 Å². The topological polar surface area (TPSA) is 83.6 Å². The third-order valence-electron chi connectivity index (χ3n) is 3.07. The highest BCUT2D eigenvalue weighted by Gasteiger charge is 2.20. The molecule has 0 unspecified atom stereocenters. The zero-order valence-electron chi connectivity index (χ0n) is 12.7. The molecule has 0 aliphatic rings. The third-order valence-corrected chi connectivity index (χ3v) is 6.55. The highest BCUT2D eigenvalue weighted by atomic mass is 35.5. The van der Waals surface area contributed by atoms with Crippen molar-refractivity contribution in [2.45, 2.75) is 9.79 Å². The fraction of sp³-hybridized carbons (Fsp3) is 0.143. The van der Waals surface area contributed by atoms with E-state index in [1.54, 1.807) is 0 Å². The van der Waals surface area contributed by atoms with Gasteiger partial charge in [-0.3, -0.25) is 4.72 Å². The summed E-state index contributed by atoms with van der Waals surface area (Å²) in [6, 6.07) is 8.32. The molecular formula is C14H14ClFN2O4S2. The molecule has 24 heavy (non-hydrogen) atoms. The van der Waals surface area contributed by atoms with E-state index in [0.717, 1.165) is 22.5 Å². The minimum atomic E-state index is -4.04. The fourth-order valence-corrected chi connectivity index (χ4v) is 4.06. The number of rotatable bonds is 5. The number of hydrogen-bond acceptors (Lipinski definition) is 4. The molecule has 0 radical (unpaired) electrons. The molecule has 0 atom stereocenters. The van der Waals surface area contributed by atoms with E-state index in [0.29, 0.717) is 0 Å². The predicted octanol–water partition coefficient (Wildman–Crippen LogP) is 2.53. The molecule has 0 bridgehead atoms. The summed E-state index contributed by atoms with van der Waals surface area (Å²) in [6.07, 6.45) is 0. The third kappa shape index (κ3) is 3.86. The van der Waals surface area contributed by atoms with Crippen molar-refractivity contribution < 1.29 is 21.2 Å². The number of anilines is 1. The van der Waals surface area contributed by atoms with E-state index in [1.165, 1.54) is 38.4 Å². The predicted molar refractivity (Wildman–Crippen MR) is 89.5 cm³/mol. The first-order chi connectivity index (χ1) is 11.0. The van der Waals surface area contributed by atoms with Gasteiger partial charge in [0.1, 0.15) is 5.82 Å². The van der Waals surface area contributed by atoms with Crippen LogP contribution in [0.2, 0.25) is 5.02 Å².